The molecule has 0 fully saturated rings. The number of para-hydroxylation sites is 1. The molecule has 0 saturated carbocycles. The average Bonchev–Trinajstić information content (AvgIpc) is 2.28. The third-order valence-electron chi connectivity index (χ3n) is 2.50. The molecular weight excluding hydrogens is 272 g/mol. The molecule has 18 heavy (non-hydrogen) atoms. The molecule has 102 valence electrons. The Morgan fingerprint density at radius 1 is 1.33 bits per heavy atom. The summed E-state index contributed by atoms with van der Waals surface area (Å²) < 4.78 is 25.4. The van der Waals surface area contributed by atoms with Crippen molar-refractivity contribution in [3.8, 4) is 0 Å². The molecule has 4 nitrogen and oxygen atoms in total. The van der Waals surface area contributed by atoms with Crippen LogP contribution < -0.4 is 5.32 Å². The van der Waals surface area contributed by atoms with Crippen molar-refractivity contribution in [1.29, 1.82) is 0 Å². The highest BCUT2D eigenvalue weighted by atomic mass is 35.5. The molecule has 0 aromatic heterocycles. The Morgan fingerprint density at radius 3 is 2.50 bits per heavy atom. The van der Waals surface area contributed by atoms with Crippen LogP contribution in [0.15, 0.2) is 29.2 Å². The molecule has 1 rings (SSSR count). The highest BCUT2D eigenvalue weighted by Crippen LogP contribution is 2.23. The number of anilines is 1. The van der Waals surface area contributed by atoms with E-state index in [2.05, 4.69) is 5.32 Å². The van der Waals surface area contributed by atoms with E-state index in [9.17, 15) is 8.42 Å². The first-order valence-corrected chi connectivity index (χ1v) is 7.63. The molecule has 0 heterocycles. The molecule has 0 aliphatic carbocycles. The number of nitrogens with one attached hydrogen (secondary N) is 1. The highest BCUT2D eigenvalue weighted by Gasteiger charge is 2.20. The molecule has 1 atom stereocenters. The summed E-state index contributed by atoms with van der Waals surface area (Å²) in [6.07, 6.45) is 0.776. The second kappa shape index (κ2) is 6.41. The zero-order valence-corrected chi connectivity index (χ0v) is 12.4. The summed E-state index contributed by atoms with van der Waals surface area (Å²) >= 11 is 5.86. The van der Waals surface area contributed by atoms with Crippen LogP contribution in [0.1, 0.15) is 13.3 Å². The van der Waals surface area contributed by atoms with Crippen LogP contribution in [-0.2, 0) is 10.0 Å². The van der Waals surface area contributed by atoms with E-state index in [4.69, 9.17) is 11.6 Å². The van der Waals surface area contributed by atoms with E-state index >= 15 is 0 Å². The molecule has 0 amide bonds. The zero-order valence-electron chi connectivity index (χ0n) is 10.9. The minimum absolute atomic E-state index is 0.0649. The summed E-state index contributed by atoms with van der Waals surface area (Å²) in [6, 6.07) is 6.88. The minimum Gasteiger partial charge on any atom is -0.384 e. The molecule has 0 radical (unpaired) electrons. The van der Waals surface area contributed by atoms with Crippen molar-refractivity contribution in [2.75, 3.05) is 26.0 Å². The molecular formula is C12H19ClN2O2S. The van der Waals surface area contributed by atoms with E-state index in [0.29, 0.717) is 12.2 Å². The first-order valence-electron chi connectivity index (χ1n) is 5.75. The van der Waals surface area contributed by atoms with Crippen LogP contribution in [0.25, 0.3) is 0 Å². The maximum atomic E-state index is 12.1. The van der Waals surface area contributed by atoms with Crippen LogP contribution in [-0.4, -0.2) is 38.7 Å². The van der Waals surface area contributed by atoms with Crippen molar-refractivity contribution in [2.24, 2.45) is 0 Å². The van der Waals surface area contributed by atoms with Gasteiger partial charge in [0.25, 0.3) is 0 Å². The van der Waals surface area contributed by atoms with E-state index < -0.39 is 10.0 Å². The van der Waals surface area contributed by atoms with Gasteiger partial charge in [-0.25, -0.2) is 12.7 Å². The smallest absolute Gasteiger partial charge is 0.244 e. The molecule has 1 N–H and O–H groups in total. The average molecular weight is 291 g/mol. The van der Waals surface area contributed by atoms with Gasteiger partial charge in [0.2, 0.25) is 10.0 Å². The molecule has 0 bridgehead atoms. The zero-order chi connectivity index (χ0) is 13.8. The van der Waals surface area contributed by atoms with E-state index in [1.54, 1.807) is 24.3 Å². The summed E-state index contributed by atoms with van der Waals surface area (Å²) in [4.78, 5) is 0.289. The minimum atomic E-state index is -3.42. The maximum absolute atomic E-state index is 12.1. The molecule has 1 aromatic carbocycles. The number of alkyl halides is 1. The SMILES string of the molecule is CC(Cl)CCNc1ccccc1S(=O)(=O)N(C)C. The number of hydrogen-bond donors (Lipinski definition) is 1. The van der Waals surface area contributed by atoms with Gasteiger partial charge >= 0.3 is 0 Å². The van der Waals surface area contributed by atoms with Crippen LogP contribution in [0.2, 0.25) is 0 Å². The summed E-state index contributed by atoms with van der Waals surface area (Å²) in [5.41, 5.74) is 0.614. The van der Waals surface area contributed by atoms with Crippen LogP contribution in [0.4, 0.5) is 5.69 Å². The van der Waals surface area contributed by atoms with Gasteiger partial charge in [0.1, 0.15) is 4.90 Å². The van der Waals surface area contributed by atoms with Gasteiger partial charge in [0.15, 0.2) is 0 Å². The lowest BCUT2D eigenvalue weighted by atomic mass is 10.3. The van der Waals surface area contributed by atoms with Gasteiger partial charge in [-0.05, 0) is 25.5 Å². The third-order valence-corrected chi connectivity index (χ3v) is 4.59. The monoisotopic (exact) mass is 290 g/mol. The van der Waals surface area contributed by atoms with Gasteiger partial charge in [-0.3, -0.25) is 0 Å². The highest BCUT2D eigenvalue weighted by molar-refractivity contribution is 7.89. The number of sulfonamides is 1. The van der Waals surface area contributed by atoms with E-state index in [0.717, 1.165) is 6.42 Å². The van der Waals surface area contributed by atoms with Crippen LogP contribution in [0, 0.1) is 0 Å². The summed E-state index contributed by atoms with van der Waals surface area (Å²) in [5, 5.41) is 3.18. The van der Waals surface area contributed by atoms with Crippen molar-refractivity contribution < 1.29 is 8.42 Å². The maximum Gasteiger partial charge on any atom is 0.244 e. The Labute approximate surface area is 114 Å². The lowest BCUT2D eigenvalue weighted by molar-refractivity contribution is 0.521. The van der Waals surface area contributed by atoms with Crippen LogP contribution in [0.5, 0.6) is 0 Å². The van der Waals surface area contributed by atoms with Gasteiger partial charge in [0, 0.05) is 26.0 Å². The van der Waals surface area contributed by atoms with Gasteiger partial charge in [-0.1, -0.05) is 12.1 Å². The number of halogens is 1. The normalized spacial score (nSPS) is 13.6. The Bertz CT molecular complexity index is 487. The number of hydrogen-bond acceptors (Lipinski definition) is 3. The number of benzene rings is 1. The van der Waals surface area contributed by atoms with Crippen molar-refractivity contribution in [3.63, 3.8) is 0 Å². The molecule has 1 aromatic rings. The van der Waals surface area contributed by atoms with Crippen LogP contribution >= 0.6 is 11.6 Å². The lowest BCUT2D eigenvalue weighted by Gasteiger charge is -2.16. The summed E-state index contributed by atoms with van der Waals surface area (Å²) in [6.45, 7) is 2.55. The Hall–Kier alpha value is -0.780. The second-order valence-electron chi connectivity index (χ2n) is 4.28. The number of rotatable bonds is 6. The van der Waals surface area contributed by atoms with Crippen molar-refractivity contribution >= 4 is 27.3 Å². The Balaban J connectivity index is 2.94. The van der Waals surface area contributed by atoms with Gasteiger partial charge < -0.3 is 5.32 Å². The van der Waals surface area contributed by atoms with E-state index in [1.807, 2.05) is 6.92 Å². The molecule has 6 heteroatoms. The molecule has 0 aliphatic rings. The molecule has 1 unspecified atom stereocenters. The fourth-order valence-corrected chi connectivity index (χ4v) is 2.61. The quantitative estimate of drug-likeness (QED) is 0.818. The second-order valence-corrected chi connectivity index (χ2v) is 7.15. The lowest BCUT2D eigenvalue weighted by Crippen LogP contribution is -2.23. The fraction of sp³-hybridized carbons (Fsp3) is 0.500. The van der Waals surface area contributed by atoms with Gasteiger partial charge in [0.05, 0.1) is 5.69 Å². The predicted octanol–water partition coefficient (Wildman–Crippen LogP) is 2.37. The van der Waals surface area contributed by atoms with Crippen molar-refractivity contribution in [1.82, 2.24) is 4.31 Å². The first kappa shape index (κ1) is 15.3. The molecule has 0 spiro atoms. The third kappa shape index (κ3) is 3.86. The fourth-order valence-electron chi connectivity index (χ4n) is 1.44. The topological polar surface area (TPSA) is 49.4 Å². The van der Waals surface area contributed by atoms with E-state index in [1.165, 1.54) is 18.4 Å². The van der Waals surface area contributed by atoms with Crippen LogP contribution in [0.3, 0.4) is 0 Å². The summed E-state index contributed by atoms with van der Waals surface area (Å²) in [7, 11) is -0.379. The number of nitrogens with zero attached hydrogens (tertiary/aromatic N) is 1. The Morgan fingerprint density at radius 2 is 1.94 bits per heavy atom. The standard InChI is InChI=1S/C12H19ClN2O2S/c1-10(13)8-9-14-11-6-4-5-7-12(11)18(16,17)15(2)3/h4-7,10,14H,8-9H2,1-3H3. The molecule has 0 saturated heterocycles. The molecule has 0 aliphatic heterocycles. The first-order chi connectivity index (χ1) is 8.35. The van der Waals surface area contributed by atoms with E-state index in [-0.39, 0.29) is 10.3 Å². The summed E-state index contributed by atoms with van der Waals surface area (Å²) in [5.74, 6) is 0. The predicted molar refractivity (Wildman–Crippen MR) is 75.7 cm³/mol. The Kier molecular flexibility index (Phi) is 5.44. The van der Waals surface area contributed by atoms with Gasteiger partial charge in [-0.2, -0.15) is 0 Å². The van der Waals surface area contributed by atoms with Crippen molar-refractivity contribution in [3.05, 3.63) is 24.3 Å². The largest absolute Gasteiger partial charge is 0.384 e. The van der Waals surface area contributed by atoms with Crippen molar-refractivity contribution in [2.45, 2.75) is 23.6 Å². The van der Waals surface area contributed by atoms with Gasteiger partial charge in [-0.15, -0.1) is 11.6 Å².